The van der Waals surface area contributed by atoms with Crippen molar-refractivity contribution >= 4 is 69.7 Å². The molecule has 4 aromatic carbocycles. The van der Waals surface area contributed by atoms with E-state index in [9.17, 15) is 48.9 Å². The predicted octanol–water partition coefficient (Wildman–Crippen LogP) is 1.52. The number of aliphatic hydroxyl groups excluding tert-OH is 1. The number of aromatic nitrogens is 1. The van der Waals surface area contributed by atoms with E-state index in [1.807, 2.05) is 42.5 Å². The van der Waals surface area contributed by atoms with Gasteiger partial charge in [0.05, 0.1) is 6.61 Å². The summed E-state index contributed by atoms with van der Waals surface area (Å²) in [6, 6.07) is 20.3. The standard InChI is InChI=1S/C51H59ClN10O10/c1-30(64)57-40(26-33-11-16-35-8-2-3-9-36(35)23-33)45(66)59-42(24-31-12-17-37(52)18-13-31)47(68)60-43(27-34-7-6-21-55-28-34)48(69)62-44(29-63)49(70)61-41(25-32-14-19-38(65)20-15-32)46(67)58-39(50(71)72)10-4-5-22-56-51(53)54/h2-3,6-9,11-21,23,28,39-44,63,65H,4-5,10,22,24-27,29H2,1H3,(H,57,64)(H,58,67)(H,59,66)(H,60,68)(H,61,70)(H,62,69)(H,71,72)(H4,53,54,56)/t39-,40-,41+,42-,43-,44+/m1/s1. The number of guanidine groups is 1. The Morgan fingerprint density at radius 1 is 0.597 bits per heavy atom. The number of aliphatic hydroxyl groups is 1. The summed E-state index contributed by atoms with van der Waals surface area (Å²) in [7, 11) is 0. The summed E-state index contributed by atoms with van der Waals surface area (Å²) < 4.78 is 0. The first-order valence-corrected chi connectivity index (χ1v) is 23.4. The molecule has 0 aliphatic carbocycles. The number of unbranched alkanes of at least 4 members (excludes halogenated alkanes) is 1. The number of hydrogen-bond donors (Lipinski definition) is 12. The number of aromatic hydroxyl groups is 1. The number of carbonyl (C=O) groups is 7. The first-order chi connectivity index (χ1) is 34.5. The molecule has 0 saturated heterocycles. The van der Waals surface area contributed by atoms with Gasteiger partial charge in [0.1, 0.15) is 42.0 Å². The lowest BCUT2D eigenvalue weighted by Crippen LogP contribution is -2.61. The maximum atomic E-state index is 14.5. The van der Waals surface area contributed by atoms with E-state index in [-0.39, 0.29) is 43.8 Å². The highest BCUT2D eigenvalue weighted by Gasteiger charge is 2.34. The molecule has 0 saturated carbocycles. The molecule has 6 atom stereocenters. The normalized spacial score (nSPS) is 13.4. The molecule has 380 valence electrons. The van der Waals surface area contributed by atoms with Gasteiger partial charge in [0, 0.05) is 56.6 Å². The molecule has 20 nitrogen and oxygen atoms in total. The number of rotatable bonds is 26. The first kappa shape index (κ1) is 54.8. The average Bonchev–Trinajstić information content (AvgIpc) is 3.35. The van der Waals surface area contributed by atoms with Crippen molar-refractivity contribution in [3.05, 3.63) is 143 Å². The van der Waals surface area contributed by atoms with Gasteiger partial charge in [0.15, 0.2) is 5.96 Å². The van der Waals surface area contributed by atoms with Crippen molar-refractivity contribution in [1.82, 2.24) is 42.2 Å². The van der Waals surface area contributed by atoms with Crippen LogP contribution in [0.15, 0.2) is 116 Å². The number of carbonyl (C=O) groups excluding carboxylic acids is 6. The Kier molecular flexibility index (Phi) is 20.8. The van der Waals surface area contributed by atoms with E-state index in [1.165, 1.54) is 43.6 Å². The second-order valence-electron chi connectivity index (χ2n) is 17.1. The summed E-state index contributed by atoms with van der Waals surface area (Å²) in [6.45, 7) is 0.577. The summed E-state index contributed by atoms with van der Waals surface area (Å²) in [5, 5.41) is 58.1. The molecule has 0 spiro atoms. The minimum atomic E-state index is -1.72. The van der Waals surface area contributed by atoms with Crippen molar-refractivity contribution in [2.75, 3.05) is 13.2 Å². The van der Waals surface area contributed by atoms with Crippen LogP contribution in [0, 0.1) is 5.41 Å². The molecule has 1 heterocycles. The SMILES string of the molecule is CC(=O)N[C@H](Cc1ccc2ccccc2c1)C(=O)N[C@H](Cc1ccc(Cl)cc1)C(=O)N[C@H](Cc1cccnc1)C(=O)N[C@@H](CO)C(=O)N[C@@H](Cc1ccc(O)cc1)C(=O)N[C@H](CCCCNC(=N)N)C(=O)O. The lowest BCUT2D eigenvalue weighted by molar-refractivity contribution is -0.142. The van der Waals surface area contributed by atoms with E-state index in [0.717, 1.165) is 16.3 Å². The molecule has 0 unspecified atom stereocenters. The van der Waals surface area contributed by atoms with Crippen molar-refractivity contribution in [2.24, 2.45) is 5.73 Å². The van der Waals surface area contributed by atoms with E-state index < -0.39 is 84.3 Å². The number of phenolic OH excluding ortho intramolecular Hbond substituents is 1. The molecule has 0 aliphatic heterocycles. The number of fused-ring (bicyclic) bond motifs is 1. The smallest absolute Gasteiger partial charge is 0.326 e. The second-order valence-corrected chi connectivity index (χ2v) is 17.5. The monoisotopic (exact) mass is 1010 g/mol. The molecule has 5 rings (SSSR count). The number of hydrogen-bond acceptors (Lipinski definition) is 11. The Labute approximate surface area is 420 Å². The Morgan fingerprint density at radius 3 is 1.61 bits per heavy atom. The molecule has 0 aliphatic rings. The molecule has 13 N–H and O–H groups in total. The van der Waals surface area contributed by atoms with Crippen LogP contribution in [0.2, 0.25) is 5.02 Å². The van der Waals surface area contributed by atoms with Crippen LogP contribution in [0.3, 0.4) is 0 Å². The van der Waals surface area contributed by atoms with Gasteiger partial charge >= 0.3 is 5.97 Å². The summed E-state index contributed by atoms with van der Waals surface area (Å²) in [6.07, 6.45) is 3.29. The topological polar surface area (TPSA) is 327 Å². The Balaban J connectivity index is 1.37. The largest absolute Gasteiger partial charge is 0.508 e. The third-order valence-electron chi connectivity index (χ3n) is 11.4. The van der Waals surface area contributed by atoms with Crippen LogP contribution in [-0.2, 0) is 59.2 Å². The molecule has 0 fully saturated rings. The molecular formula is C51H59ClN10O10. The zero-order chi connectivity index (χ0) is 52.2. The predicted molar refractivity (Wildman–Crippen MR) is 268 cm³/mol. The highest BCUT2D eigenvalue weighted by Crippen LogP contribution is 2.18. The Hall–Kier alpha value is -8.10. The average molecular weight is 1010 g/mol. The van der Waals surface area contributed by atoms with Gasteiger partial charge in [0.25, 0.3) is 0 Å². The van der Waals surface area contributed by atoms with Gasteiger partial charge in [-0.05, 0) is 82.6 Å². The van der Waals surface area contributed by atoms with Crippen LogP contribution in [0.4, 0.5) is 0 Å². The van der Waals surface area contributed by atoms with E-state index in [2.05, 4.69) is 42.2 Å². The molecule has 0 radical (unpaired) electrons. The van der Waals surface area contributed by atoms with Gasteiger partial charge in [-0.15, -0.1) is 0 Å². The summed E-state index contributed by atoms with van der Waals surface area (Å²) in [5.74, 6) is -6.57. The molecule has 72 heavy (non-hydrogen) atoms. The number of phenols is 1. The number of aliphatic carboxylic acids is 1. The minimum Gasteiger partial charge on any atom is -0.508 e. The van der Waals surface area contributed by atoms with Crippen molar-refractivity contribution < 1.29 is 48.9 Å². The van der Waals surface area contributed by atoms with Gasteiger partial charge in [-0.1, -0.05) is 84.4 Å². The highest BCUT2D eigenvalue weighted by atomic mass is 35.5. The minimum absolute atomic E-state index is 0.00859. The summed E-state index contributed by atoms with van der Waals surface area (Å²) in [4.78, 5) is 99.4. The zero-order valence-electron chi connectivity index (χ0n) is 39.4. The quantitative estimate of drug-likeness (QED) is 0.0213. The van der Waals surface area contributed by atoms with Crippen molar-refractivity contribution in [3.63, 3.8) is 0 Å². The molecule has 5 aromatic rings. The lowest BCUT2D eigenvalue weighted by Gasteiger charge is -2.27. The van der Waals surface area contributed by atoms with E-state index >= 15 is 0 Å². The molecule has 0 bridgehead atoms. The van der Waals surface area contributed by atoms with Crippen LogP contribution in [0.5, 0.6) is 5.75 Å². The number of nitrogens with zero attached hydrogens (tertiary/aromatic N) is 1. The van der Waals surface area contributed by atoms with Crippen LogP contribution in [0.1, 0.15) is 48.4 Å². The number of nitrogens with two attached hydrogens (primary N) is 1. The molecular weight excluding hydrogens is 948 g/mol. The van der Waals surface area contributed by atoms with E-state index in [0.29, 0.717) is 41.1 Å². The van der Waals surface area contributed by atoms with Crippen molar-refractivity contribution in [1.29, 1.82) is 5.41 Å². The molecule has 6 amide bonds. The maximum Gasteiger partial charge on any atom is 0.326 e. The third kappa shape index (κ3) is 17.7. The number of halogens is 1. The van der Waals surface area contributed by atoms with Crippen molar-refractivity contribution in [2.45, 2.75) is 88.1 Å². The van der Waals surface area contributed by atoms with E-state index in [1.54, 1.807) is 36.4 Å². The second kappa shape index (κ2) is 27.3. The number of carboxylic acid groups (broad SMARTS) is 1. The zero-order valence-corrected chi connectivity index (χ0v) is 40.2. The van der Waals surface area contributed by atoms with Crippen LogP contribution >= 0.6 is 11.6 Å². The van der Waals surface area contributed by atoms with Gasteiger partial charge in [-0.25, -0.2) is 4.79 Å². The van der Waals surface area contributed by atoms with Crippen LogP contribution in [-0.4, -0.2) is 117 Å². The van der Waals surface area contributed by atoms with Gasteiger partial charge in [-0.3, -0.25) is 39.2 Å². The highest BCUT2D eigenvalue weighted by molar-refractivity contribution is 6.30. The lowest BCUT2D eigenvalue weighted by atomic mass is 9.99. The Morgan fingerprint density at radius 2 is 1.08 bits per heavy atom. The molecule has 1 aromatic heterocycles. The number of pyridine rings is 1. The number of carboxylic acids is 1. The van der Waals surface area contributed by atoms with Gasteiger partial charge in [-0.2, -0.15) is 0 Å². The fraction of sp³-hybridized carbons (Fsp3) is 0.314. The Bertz CT molecular complexity index is 2680. The molecule has 21 heteroatoms. The fourth-order valence-corrected chi connectivity index (χ4v) is 7.80. The van der Waals surface area contributed by atoms with Gasteiger partial charge < -0.3 is 58.3 Å². The van der Waals surface area contributed by atoms with Crippen LogP contribution < -0.4 is 43.0 Å². The summed E-state index contributed by atoms with van der Waals surface area (Å²) in [5.41, 5.74) is 7.56. The van der Waals surface area contributed by atoms with Crippen molar-refractivity contribution in [3.8, 4) is 5.75 Å². The first-order valence-electron chi connectivity index (χ1n) is 23.1. The number of amides is 6. The summed E-state index contributed by atoms with van der Waals surface area (Å²) >= 11 is 6.16. The third-order valence-corrected chi connectivity index (χ3v) is 11.7. The van der Waals surface area contributed by atoms with Gasteiger partial charge in [0.2, 0.25) is 35.4 Å². The maximum absolute atomic E-state index is 14.5. The van der Waals surface area contributed by atoms with Crippen LogP contribution in [0.25, 0.3) is 10.8 Å². The number of nitrogens with one attached hydrogen (secondary N) is 8. The van der Waals surface area contributed by atoms with E-state index in [4.69, 9.17) is 22.7 Å². The fourth-order valence-electron chi connectivity index (χ4n) is 7.67. The number of benzene rings is 4.